The number of nitrogens with zero attached hydrogens (tertiary/aromatic N) is 1. The molecule has 0 spiro atoms. The number of carbonyl (C=O) groups excluding carboxylic acids is 2. The lowest BCUT2D eigenvalue weighted by Crippen LogP contribution is -2.36. The van der Waals surface area contributed by atoms with Gasteiger partial charge in [0, 0.05) is 16.5 Å². The molecule has 0 saturated heterocycles. The summed E-state index contributed by atoms with van der Waals surface area (Å²) in [4.78, 5) is 25.5. The van der Waals surface area contributed by atoms with Crippen molar-refractivity contribution in [3.8, 4) is 0 Å². The van der Waals surface area contributed by atoms with Crippen molar-refractivity contribution in [2.45, 2.75) is 31.3 Å². The largest absolute Gasteiger partial charge is 0.347 e. The Labute approximate surface area is 158 Å². The first-order valence-corrected chi connectivity index (χ1v) is 10.5. The van der Waals surface area contributed by atoms with E-state index < -0.39 is 27.9 Å². The zero-order chi connectivity index (χ0) is 18.4. The number of benzene rings is 1. The number of thiophene rings is 1. The normalized spacial score (nSPS) is 15.5. The minimum absolute atomic E-state index is 0.104. The summed E-state index contributed by atoms with van der Waals surface area (Å²) < 4.78 is 26.9. The second-order valence-corrected chi connectivity index (χ2v) is 10.1. The van der Waals surface area contributed by atoms with Gasteiger partial charge in [-0.2, -0.15) is 0 Å². The third kappa shape index (κ3) is 3.23. The highest BCUT2D eigenvalue weighted by molar-refractivity contribution is 9.11. The standard InChI is InChI=1S/C16H15BrN2O4S2/c1-9(2)19-16(21)12-5-3-10(7-13(12)25(19,22)23)15(20)18-8-11-4-6-14(17)24-11/h3-7,9H,8H2,1-2H3,(H,18,20). The maximum atomic E-state index is 12.6. The van der Waals surface area contributed by atoms with Gasteiger partial charge >= 0.3 is 0 Å². The molecular formula is C16H15BrN2O4S2. The number of halogens is 1. The number of nitrogens with one attached hydrogen (secondary N) is 1. The molecule has 0 aliphatic carbocycles. The minimum atomic E-state index is -3.91. The van der Waals surface area contributed by atoms with Crippen LogP contribution in [0.25, 0.3) is 0 Å². The van der Waals surface area contributed by atoms with Crippen molar-refractivity contribution in [1.29, 1.82) is 0 Å². The van der Waals surface area contributed by atoms with Crippen LogP contribution in [0.1, 0.15) is 39.4 Å². The van der Waals surface area contributed by atoms with E-state index in [0.29, 0.717) is 6.54 Å². The first-order chi connectivity index (χ1) is 11.7. The second kappa shape index (κ2) is 6.54. The fraction of sp³-hybridized carbons (Fsp3) is 0.250. The molecule has 0 bridgehead atoms. The van der Waals surface area contributed by atoms with E-state index in [1.165, 1.54) is 29.5 Å². The molecule has 1 aromatic heterocycles. The van der Waals surface area contributed by atoms with E-state index in [1.807, 2.05) is 12.1 Å². The second-order valence-electron chi connectivity index (χ2n) is 5.80. The molecule has 1 aliphatic rings. The molecule has 0 unspecified atom stereocenters. The predicted molar refractivity (Wildman–Crippen MR) is 98.1 cm³/mol. The van der Waals surface area contributed by atoms with Gasteiger partial charge in [-0.15, -0.1) is 11.3 Å². The van der Waals surface area contributed by atoms with E-state index in [4.69, 9.17) is 0 Å². The van der Waals surface area contributed by atoms with Crippen LogP contribution in [-0.2, 0) is 16.6 Å². The van der Waals surface area contributed by atoms with Crippen LogP contribution in [0.5, 0.6) is 0 Å². The van der Waals surface area contributed by atoms with E-state index >= 15 is 0 Å². The molecule has 0 saturated carbocycles. The maximum absolute atomic E-state index is 12.6. The molecule has 2 amide bonds. The van der Waals surface area contributed by atoms with Crippen LogP contribution in [0.15, 0.2) is 39.0 Å². The number of hydrogen-bond donors (Lipinski definition) is 1. The van der Waals surface area contributed by atoms with Crippen molar-refractivity contribution in [3.05, 3.63) is 50.1 Å². The van der Waals surface area contributed by atoms with Gasteiger partial charge in [0.15, 0.2) is 0 Å². The van der Waals surface area contributed by atoms with Crippen molar-refractivity contribution < 1.29 is 18.0 Å². The Morgan fingerprint density at radius 1 is 1.28 bits per heavy atom. The number of rotatable bonds is 4. The van der Waals surface area contributed by atoms with E-state index in [1.54, 1.807) is 13.8 Å². The summed E-state index contributed by atoms with van der Waals surface area (Å²) in [7, 11) is -3.91. The fourth-order valence-corrected chi connectivity index (χ4v) is 5.83. The highest BCUT2D eigenvalue weighted by atomic mass is 79.9. The number of hydrogen-bond acceptors (Lipinski definition) is 5. The molecule has 1 aromatic carbocycles. The third-order valence-corrected chi connectivity index (χ3v) is 7.35. The summed E-state index contributed by atoms with van der Waals surface area (Å²) in [6.07, 6.45) is 0. The van der Waals surface area contributed by atoms with Gasteiger partial charge in [-0.05, 0) is 60.1 Å². The van der Waals surface area contributed by atoms with Crippen molar-refractivity contribution >= 4 is 49.1 Å². The lowest BCUT2D eigenvalue weighted by molar-refractivity contribution is 0.0845. The average molecular weight is 443 g/mol. The topological polar surface area (TPSA) is 83.6 Å². The summed E-state index contributed by atoms with van der Waals surface area (Å²) in [5.41, 5.74) is 0.309. The summed E-state index contributed by atoms with van der Waals surface area (Å²) in [6, 6.07) is 7.43. The Morgan fingerprint density at radius 2 is 2.00 bits per heavy atom. The van der Waals surface area contributed by atoms with Crippen molar-refractivity contribution in [2.75, 3.05) is 0 Å². The summed E-state index contributed by atoms with van der Waals surface area (Å²) in [5, 5.41) is 2.75. The number of carbonyl (C=O) groups is 2. The molecule has 25 heavy (non-hydrogen) atoms. The van der Waals surface area contributed by atoms with Gasteiger partial charge < -0.3 is 5.32 Å². The maximum Gasteiger partial charge on any atom is 0.269 e. The molecule has 0 radical (unpaired) electrons. The van der Waals surface area contributed by atoms with Gasteiger partial charge in [-0.1, -0.05) is 0 Å². The van der Waals surface area contributed by atoms with Gasteiger partial charge in [0.2, 0.25) is 0 Å². The molecule has 0 atom stereocenters. The molecule has 2 heterocycles. The SMILES string of the molecule is CC(C)N1C(=O)c2ccc(C(=O)NCc3ccc(Br)s3)cc2S1(=O)=O. The third-order valence-electron chi connectivity index (χ3n) is 3.73. The monoisotopic (exact) mass is 442 g/mol. The zero-order valence-electron chi connectivity index (χ0n) is 13.4. The van der Waals surface area contributed by atoms with Crippen LogP contribution < -0.4 is 5.32 Å². The lowest BCUT2D eigenvalue weighted by atomic mass is 10.1. The Kier molecular flexibility index (Phi) is 4.74. The van der Waals surface area contributed by atoms with Crippen molar-refractivity contribution in [2.24, 2.45) is 0 Å². The first-order valence-electron chi connectivity index (χ1n) is 7.47. The molecule has 1 aliphatic heterocycles. The number of sulfonamides is 1. The molecule has 1 N–H and O–H groups in total. The Balaban J connectivity index is 1.86. The van der Waals surface area contributed by atoms with Gasteiger partial charge in [0.25, 0.3) is 21.8 Å². The number of amides is 2. The molecule has 6 nitrogen and oxygen atoms in total. The summed E-state index contributed by atoms with van der Waals surface area (Å²) in [6.45, 7) is 3.61. The van der Waals surface area contributed by atoms with Crippen LogP contribution in [0.4, 0.5) is 0 Å². The van der Waals surface area contributed by atoms with E-state index in [-0.39, 0.29) is 16.0 Å². The van der Waals surface area contributed by atoms with Crippen LogP contribution >= 0.6 is 27.3 Å². The number of fused-ring (bicyclic) bond motifs is 1. The summed E-state index contributed by atoms with van der Waals surface area (Å²) in [5.74, 6) is -0.946. The van der Waals surface area contributed by atoms with Crippen LogP contribution in [0.3, 0.4) is 0 Å². The van der Waals surface area contributed by atoms with Crippen molar-refractivity contribution in [3.63, 3.8) is 0 Å². The van der Waals surface area contributed by atoms with Crippen LogP contribution in [0.2, 0.25) is 0 Å². The smallest absolute Gasteiger partial charge is 0.269 e. The average Bonchev–Trinajstić information content (AvgIpc) is 3.04. The van der Waals surface area contributed by atoms with Crippen molar-refractivity contribution in [1.82, 2.24) is 9.62 Å². The lowest BCUT2D eigenvalue weighted by Gasteiger charge is -2.18. The minimum Gasteiger partial charge on any atom is -0.347 e. The van der Waals surface area contributed by atoms with Gasteiger partial charge in [-0.3, -0.25) is 9.59 Å². The van der Waals surface area contributed by atoms with Gasteiger partial charge in [-0.25, -0.2) is 12.7 Å². The predicted octanol–water partition coefficient (Wildman–Crippen LogP) is 2.99. The molecule has 3 rings (SSSR count). The molecule has 132 valence electrons. The quantitative estimate of drug-likeness (QED) is 0.788. The first kappa shape index (κ1) is 18.1. The summed E-state index contributed by atoms with van der Waals surface area (Å²) >= 11 is 4.86. The van der Waals surface area contributed by atoms with Crippen LogP contribution in [0, 0.1) is 0 Å². The highest BCUT2D eigenvalue weighted by Gasteiger charge is 2.42. The Bertz CT molecular complexity index is 966. The zero-order valence-corrected chi connectivity index (χ0v) is 16.7. The Hall–Kier alpha value is -1.71. The van der Waals surface area contributed by atoms with Gasteiger partial charge in [0.1, 0.15) is 4.90 Å². The Morgan fingerprint density at radius 3 is 2.60 bits per heavy atom. The molecule has 9 heteroatoms. The molecular weight excluding hydrogens is 428 g/mol. The van der Waals surface area contributed by atoms with Gasteiger partial charge in [0.05, 0.1) is 15.9 Å². The highest BCUT2D eigenvalue weighted by Crippen LogP contribution is 2.32. The van der Waals surface area contributed by atoms with E-state index in [2.05, 4.69) is 21.2 Å². The van der Waals surface area contributed by atoms with E-state index in [0.717, 1.165) is 13.0 Å². The van der Waals surface area contributed by atoms with Crippen LogP contribution in [-0.4, -0.2) is 30.6 Å². The van der Waals surface area contributed by atoms with E-state index in [9.17, 15) is 18.0 Å². The molecule has 0 fully saturated rings. The fourth-order valence-electron chi connectivity index (χ4n) is 2.62. The molecule has 2 aromatic rings.